The molecule has 0 saturated carbocycles. The zero-order chi connectivity index (χ0) is 21.9. The number of likely N-dealkylation sites (tertiary alicyclic amines) is 2. The fraction of sp³-hybridized carbons (Fsp3) is 0.414. The van der Waals surface area contributed by atoms with Crippen molar-refractivity contribution in [3.8, 4) is 0 Å². The summed E-state index contributed by atoms with van der Waals surface area (Å²) in [7, 11) is 0. The Morgan fingerprint density at radius 1 is 0.938 bits per heavy atom. The van der Waals surface area contributed by atoms with Gasteiger partial charge < -0.3 is 4.90 Å². The zero-order valence-electron chi connectivity index (χ0n) is 19.1. The third-order valence-electron chi connectivity index (χ3n) is 7.43. The van der Waals surface area contributed by atoms with Gasteiger partial charge in [0.2, 0.25) is 5.91 Å². The highest BCUT2D eigenvalue weighted by Crippen LogP contribution is 2.35. The van der Waals surface area contributed by atoms with Gasteiger partial charge >= 0.3 is 0 Å². The van der Waals surface area contributed by atoms with E-state index in [1.807, 2.05) is 0 Å². The number of piperidine rings is 1. The molecule has 1 unspecified atom stereocenters. The van der Waals surface area contributed by atoms with Crippen molar-refractivity contribution in [3.63, 3.8) is 0 Å². The number of nitrogens with zero attached hydrogens (tertiary/aromatic N) is 2. The normalized spacial score (nSPS) is 24.3. The van der Waals surface area contributed by atoms with Gasteiger partial charge in [-0.15, -0.1) is 0 Å². The van der Waals surface area contributed by atoms with E-state index >= 15 is 0 Å². The van der Waals surface area contributed by atoms with E-state index in [-0.39, 0.29) is 6.04 Å². The number of hydrogen-bond donors (Lipinski definition) is 0. The van der Waals surface area contributed by atoms with Gasteiger partial charge in [-0.1, -0.05) is 79.7 Å². The molecule has 2 heterocycles. The topological polar surface area (TPSA) is 23.6 Å². The number of benzene rings is 3. The standard InChI is InChI=1S/C29H34N2O/c1-22-19-25-14-8-17-30(21-26-13-7-12-24-11-5-6-15-27(24)26)28(25)29(32)31(20-22)18-16-23-9-3-2-4-10-23/h2-7,9-13,15,22,25,28H,8,14,16-21H2,1H3/t22?,25-,28-/m0/s1. The highest BCUT2D eigenvalue weighted by molar-refractivity contribution is 5.86. The lowest BCUT2D eigenvalue weighted by Crippen LogP contribution is -2.53. The van der Waals surface area contributed by atoms with Gasteiger partial charge in [0.15, 0.2) is 0 Å². The van der Waals surface area contributed by atoms with Crippen molar-refractivity contribution in [3.05, 3.63) is 83.9 Å². The third kappa shape index (κ3) is 4.45. The monoisotopic (exact) mass is 426 g/mol. The number of carbonyl (C=O) groups excluding carboxylic acids is 1. The van der Waals surface area contributed by atoms with Crippen LogP contribution in [0.4, 0.5) is 0 Å². The average Bonchev–Trinajstić information content (AvgIpc) is 2.94. The summed E-state index contributed by atoms with van der Waals surface area (Å²) in [6.07, 6.45) is 4.46. The van der Waals surface area contributed by atoms with Crippen LogP contribution in [0.15, 0.2) is 72.8 Å². The number of carbonyl (C=O) groups is 1. The number of fused-ring (bicyclic) bond motifs is 2. The molecule has 2 saturated heterocycles. The van der Waals surface area contributed by atoms with Crippen LogP contribution in [0.2, 0.25) is 0 Å². The van der Waals surface area contributed by atoms with Crippen LogP contribution in [0.3, 0.4) is 0 Å². The van der Waals surface area contributed by atoms with Crippen LogP contribution < -0.4 is 0 Å². The first-order valence-electron chi connectivity index (χ1n) is 12.2. The number of amides is 1. The molecule has 1 amide bonds. The molecule has 0 N–H and O–H groups in total. The molecule has 166 valence electrons. The maximum Gasteiger partial charge on any atom is 0.240 e. The predicted octanol–water partition coefficient (Wildman–Crippen LogP) is 5.53. The summed E-state index contributed by atoms with van der Waals surface area (Å²) in [6.45, 7) is 5.90. The second-order valence-electron chi connectivity index (χ2n) is 9.82. The van der Waals surface area contributed by atoms with Crippen LogP contribution in [0, 0.1) is 11.8 Å². The van der Waals surface area contributed by atoms with Gasteiger partial charge in [-0.2, -0.15) is 0 Å². The third-order valence-corrected chi connectivity index (χ3v) is 7.43. The molecule has 32 heavy (non-hydrogen) atoms. The van der Waals surface area contributed by atoms with E-state index < -0.39 is 0 Å². The van der Waals surface area contributed by atoms with Crippen LogP contribution in [0.25, 0.3) is 10.8 Å². The van der Waals surface area contributed by atoms with Gasteiger partial charge in [0.25, 0.3) is 0 Å². The van der Waals surface area contributed by atoms with Crippen LogP contribution in [-0.4, -0.2) is 41.4 Å². The molecule has 3 atom stereocenters. The Balaban J connectivity index is 1.39. The molecule has 0 bridgehead atoms. The molecule has 2 fully saturated rings. The summed E-state index contributed by atoms with van der Waals surface area (Å²) >= 11 is 0. The molecular formula is C29H34N2O. The summed E-state index contributed by atoms with van der Waals surface area (Å²) in [5, 5.41) is 2.59. The molecule has 3 nitrogen and oxygen atoms in total. The number of hydrogen-bond acceptors (Lipinski definition) is 2. The highest BCUT2D eigenvalue weighted by atomic mass is 16.2. The van der Waals surface area contributed by atoms with Gasteiger partial charge in [0.1, 0.15) is 0 Å². The van der Waals surface area contributed by atoms with Gasteiger partial charge in [-0.3, -0.25) is 9.69 Å². The first-order valence-corrected chi connectivity index (χ1v) is 12.2. The van der Waals surface area contributed by atoms with E-state index in [1.54, 1.807) is 0 Å². The molecule has 2 aliphatic heterocycles. The minimum atomic E-state index is 0.0171. The van der Waals surface area contributed by atoms with E-state index in [9.17, 15) is 4.79 Å². The van der Waals surface area contributed by atoms with Gasteiger partial charge in [-0.25, -0.2) is 0 Å². The van der Waals surface area contributed by atoms with Gasteiger partial charge in [0, 0.05) is 19.6 Å². The van der Waals surface area contributed by atoms with E-state index in [0.717, 1.165) is 39.0 Å². The van der Waals surface area contributed by atoms with Crippen molar-refractivity contribution in [1.29, 1.82) is 0 Å². The summed E-state index contributed by atoms with van der Waals surface area (Å²) in [5.74, 6) is 1.39. The number of rotatable bonds is 5. The van der Waals surface area contributed by atoms with Crippen LogP contribution in [-0.2, 0) is 17.8 Å². The maximum absolute atomic E-state index is 13.9. The predicted molar refractivity (Wildman–Crippen MR) is 131 cm³/mol. The van der Waals surface area contributed by atoms with Crippen molar-refractivity contribution in [2.24, 2.45) is 11.8 Å². The van der Waals surface area contributed by atoms with Crippen LogP contribution in [0.1, 0.15) is 37.3 Å². The second kappa shape index (κ2) is 9.46. The lowest BCUT2D eigenvalue weighted by Gasteiger charge is -2.41. The first-order chi connectivity index (χ1) is 15.7. The van der Waals surface area contributed by atoms with Crippen molar-refractivity contribution in [1.82, 2.24) is 9.80 Å². The molecular weight excluding hydrogens is 392 g/mol. The Labute approximate surface area is 192 Å². The summed E-state index contributed by atoms with van der Waals surface area (Å²) in [4.78, 5) is 18.6. The molecule has 2 aliphatic rings. The van der Waals surface area contributed by atoms with E-state index in [2.05, 4.69) is 89.5 Å². The largest absolute Gasteiger partial charge is 0.341 e. The lowest BCUT2D eigenvalue weighted by molar-refractivity contribution is -0.139. The minimum absolute atomic E-state index is 0.0171. The quantitative estimate of drug-likeness (QED) is 0.535. The van der Waals surface area contributed by atoms with Crippen molar-refractivity contribution < 1.29 is 4.79 Å². The Morgan fingerprint density at radius 3 is 2.59 bits per heavy atom. The average molecular weight is 427 g/mol. The molecule has 0 spiro atoms. The SMILES string of the molecule is CC1C[C@@H]2CCCN(Cc3cccc4ccccc34)[C@@H]2C(=O)N(CCc2ccccc2)C1. The Hall–Kier alpha value is -2.65. The maximum atomic E-state index is 13.9. The molecule has 3 aromatic rings. The van der Waals surface area contributed by atoms with Crippen molar-refractivity contribution in [2.75, 3.05) is 19.6 Å². The molecule has 0 aromatic heterocycles. The molecule has 5 rings (SSSR count). The first kappa shape index (κ1) is 21.2. The smallest absolute Gasteiger partial charge is 0.240 e. The molecule has 0 radical (unpaired) electrons. The second-order valence-corrected chi connectivity index (χ2v) is 9.82. The Morgan fingerprint density at radius 2 is 1.72 bits per heavy atom. The van der Waals surface area contributed by atoms with Crippen molar-refractivity contribution >= 4 is 16.7 Å². The molecule has 0 aliphatic carbocycles. The fourth-order valence-electron chi connectivity index (χ4n) is 5.94. The highest BCUT2D eigenvalue weighted by Gasteiger charge is 2.42. The van der Waals surface area contributed by atoms with E-state index in [1.165, 1.54) is 34.7 Å². The summed E-state index contributed by atoms with van der Waals surface area (Å²) in [6, 6.07) is 25.8. The van der Waals surface area contributed by atoms with Gasteiger partial charge in [0.05, 0.1) is 6.04 Å². The lowest BCUT2D eigenvalue weighted by atomic mass is 9.83. The zero-order valence-corrected chi connectivity index (χ0v) is 19.1. The van der Waals surface area contributed by atoms with E-state index in [4.69, 9.17) is 0 Å². The van der Waals surface area contributed by atoms with Gasteiger partial charge in [-0.05, 0) is 66.0 Å². The minimum Gasteiger partial charge on any atom is -0.341 e. The van der Waals surface area contributed by atoms with Crippen molar-refractivity contribution in [2.45, 2.75) is 45.2 Å². The molecule has 3 heteroatoms. The Bertz CT molecular complexity index is 1060. The molecule has 3 aromatic carbocycles. The van der Waals surface area contributed by atoms with Crippen LogP contribution >= 0.6 is 0 Å². The summed E-state index contributed by atoms with van der Waals surface area (Å²) in [5.41, 5.74) is 2.65. The fourth-order valence-corrected chi connectivity index (χ4v) is 5.94. The Kier molecular flexibility index (Phi) is 6.27. The van der Waals surface area contributed by atoms with E-state index in [0.29, 0.717) is 17.7 Å². The van der Waals surface area contributed by atoms with Crippen LogP contribution in [0.5, 0.6) is 0 Å². The summed E-state index contributed by atoms with van der Waals surface area (Å²) < 4.78 is 0.